The topological polar surface area (TPSA) is 81.8 Å². The highest BCUT2D eigenvalue weighted by atomic mass is 19.4. The van der Waals surface area contributed by atoms with Crippen molar-refractivity contribution in [2.75, 3.05) is 12.8 Å². The predicted octanol–water partition coefficient (Wildman–Crippen LogP) is 3.79. The van der Waals surface area contributed by atoms with E-state index < -0.39 is 23.4 Å². The molecule has 122 valence electrons. The van der Waals surface area contributed by atoms with Crippen molar-refractivity contribution >= 4 is 11.7 Å². The molecule has 2 aromatic carbocycles. The molecule has 0 aliphatic carbocycles. The third-order valence-electron chi connectivity index (χ3n) is 3.00. The SMILES string of the molecule is COc1ccc(C(=O)O)cc1Oc1cccc(C(F)(F)F)c1N. The van der Waals surface area contributed by atoms with Crippen molar-refractivity contribution in [3.8, 4) is 17.2 Å². The van der Waals surface area contributed by atoms with Crippen LogP contribution in [0, 0.1) is 0 Å². The number of carboxylic acid groups (broad SMARTS) is 1. The van der Waals surface area contributed by atoms with Gasteiger partial charge < -0.3 is 20.3 Å². The Labute approximate surface area is 129 Å². The fourth-order valence-electron chi connectivity index (χ4n) is 1.89. The average Bonchev–Trinajstić information content (AvgIpc) is 2.48. The molecule has 8 heteroatoms. The number of nitrogen functional groups attached to an aromatic ring is 1. The van der Waals surface area contributed by atoms with Gasteiger partial charge in [-0.3, -0.25) is 0 Å². The summed E-state index contributed by atoms with van der Waals surface area (Å²) in [5, 5.41) is 8.97. The van der Waals surface area contributed by atoms with Crippen LogP contribution in [-0.2, 0) is 6.18 Å². The van der Waals surface area contributed by atoms with Crippen LogP contribution >= 0.6 is 0 Å². The Kier molecular flexibility index (Phi) is 4.35. The number of hydrogen-bond donors (Lipinski definition) is 2. The van der Waals surface area contributed by atoms with Crippen LogP contribution in [0.4, 0.5) is 18.9 Å². The predicted molar refractivity (Wildman–Crippen MR) is 75.9 cm³/mol. The maximum absolute atomic E-state index is 12.8. The Morgan fingerprint density at radius 3 is 2.39 bits per heavy atom. The Balaban J connectivity index is 2.47. The lowest BCUT2D eigenvalue weighted by molar-refractivity contribution is -0.137. The van der Waals surface area contributed by atoms with E-state index in [1.807, 2.05) is 0 Å². The molecule has 23 heavy (non-hydrogen) atoms. The number of para-hydroxylation sites is 1. The van der Waals surface area contributed by atoms with E-state index in [0.29, 0.717) is 0 Å². The van der Waals surface area contributed by atoms with E-state index in [0.717, 1.165) is 18.2 Å². The van der Waals surface area contributed by atoms with E-state index in [1.54, 1.807) is 0 Å². The first kappa shape index (κ1) is 16.5. The molecule has 0 amide bonds. The number of ether oxygens (including phenoxy) is 2. The van der Waals surface area contributed by atoms with E-state index in [4.69, 9.17) is 20.3 Å². The van der Waals surface area contributed by atoms with Gasteiger partial charge in [0.25, 0.3) is 0 Å². The number of aromatic carboxylic acids is 1. The second-order valence-corrected chi connectivity index (χ2v) is 4.49. The van der Waals surface area contributed by atoms with Crippen LogP contribution in [-0.4, -0.2) is 18.2 Å². The van der Waals surface area contributed by atoms with Gasteiger partial charge in [0.15, 0.2) is 17.2 Å². The Morgan fingerprint density at radius 1 is 1.13 bits per heavy atom. The molecule has 2 rings (SSSR count). The smallest absolute Gasteiger partial charge is 0.418 e. The fraction of sp³-hybridized carbons (Fsp3) is 0.133. The molecule has 0 saturated carbocycles. The molecular formula is C15H12F3NO4. The normalized spacial score (nSPS) is 11.1. The van der Waals surface area contributed by atoms with Gasteiger partial charge in [-0.25, -0.2) is 4.79 Å². The standard InChI is InChI=1S/C15H12F3NO4/c1-22-10-6-5-8(14(20)21)7-12(10)23-11-4-2-3-9(13(11)19)15(16,17)18/h2-7H,19H2,1H3,(H,20,21). The van der Waals surface area contributed by atoms with Crippen molar-refractivity contribution < 1.29 is 32.5 Å². The van der Waals surface area contributed by atoms with Gasteiger partial charge in [-0.05, 0) is 30.3 Å². The van der Waals surface area contributed by atoms with E-state index in [9.17, 15) is 18.0 Å². The number of rotatable bonds is 4. The molecule has 0 aliphatic heterocycles. The maximum Gasteiger partial charge on any atom is 0.418 e. The van der Waals surface area contributed by atoms with E-state index in [1.165, 1.54) is 25.3 Å². The van der Waals surface area contributed by atoms with Crippen LogP contribution in [0.2, 0.25) is 0 Å². The zero-order chi connectivity index (χ0) is 17.2. The van der Waals surface area contributed by atoms with Crippen LogP contribution < -0.4 is 15.2 Å². The molecule has 0 aliphatic rings. The summed E-state index contributed by atoms with van der Waals surface area (Å²) in [6, 6.07) is 6.97. The Bertz CT molecular complexity index is 744. The summed E-state index contributed by atoms with van der Waals surface area (Å²) < 4.78 is 48.9. The van der Waals surface area contributed by atoms with Crippen LogP contribution in [0.5, 0.6) is 17.2 Å². The summed E-state index contributed by atoms with van der Waals surface area (Å²) in [5.41, 5.74) is 3.77. The van der Waals surface area contributed by atoms with Crippen LogP contribution in [0.25, 0.3) is 0 Å². The third-order valence-corrected chi connectivity index (χ3v) is 3.00. The number of halogens is 3. The minimum absolute atomic E-state index is 0.0570. The van der Waals surface area contributed by atoms with Crippen LogP contribution in [0.15, 0.2) is 36.4 Å². The lowest BCUT2D eigenvalue weighted by atomic mass is 10.1. The molecule has 3 N–H and O–H groups in total. The number of benzene rings is 2. The van der Waals surface area contributed by atoms with Gasteiger partial charge >= 0.3 is 12.1 Å². The second-order valence-electron chi connectivity index (χ2n) is 4.49. The maximum atomic E-state index is 12.8. The molecule has 0 radical (unpaired) electrons. The average molecular weight is 327 g/mol. The van der Waals surface area contributed by atoms with Crippen molar-refractivity contribution in [1.82, 2.24) is 0 Å². The van der Waals surface area contributed by atoms with E-state index in [-0.39, 0.29) is 22.8 Å². The monoisotopic (exact) mass is 327 g/mol. The molecule has 0 aromatic heterocycles. The molecule has 0 atom stereocenters. The number of carbonyl (C=O) groups is 1. The molecule has 2 aromatic rings. The second kappa shape index (κ2) is 6.07. The van der Waals surface area contributed by atoms with Gasteiger partial charge in [0.2, 0.25) is 0 Å². The van der Waals surface area contributed by atoms with Gasteiger partial charge in [-0.2, -0.15) is 13.2 Å². The van der Waals surface area contributed by atoms with E-state index in [2.05, 4.69) is 0 Å². The summed E-state index contributed by atoms with van der Waals surface area (Å²) in [5.74, 6) is -1.36. The fourth-order valence-corrected chi connectivity index (χ4v) is 1.89. The molecule has 0 bridgehead atoms. The quantitative estimate of drug-likeness (QED) is 0.835. The molecule has 0 saturated heterocycles. The van der Waals surface area contributed by atoms with Crippen molar-refractivity contribution in [3.05, 3.63) is 47.5 Å². The van der Waals surface area contributed by atoms with Crippen molar-refractivity contribution in [3.63, 3.8) is 0 Å². The molecule has 0 fully saturated rings. The first-order valence-electron chi connectivity index (χ1n) is 6.29. The van der Waals surface area contributed by atoms with Gasteiger partial charge in [-0.15, -0.1) is 0 Å². The summed E-state index contributed by atoms with van der Waals surface area (Å²) in [6.07, 6.45) is -4.63. The molecule has 0 heterocycles. The van der Waals surface area contributed by atoms with Crippen LogP contribution in [0.1, 0.15) is 15.9 Å². The summed E-state index contributed by atoms with van der Waals surface area (Å²) in [4.78, 5) is 11.0. The van der Waals surface area contributed by atoms with Crippen molar-refractivity contribution in [2.24, 2.45) is 0 Å². The van der Waals surface area contributed by atoms with Gasteiger partial charge in [0, 0.05) is 0 Å². The highest BCUT2D eigenvalue weighted by Crippen LogP contribution is 2.41. The third kappa shape index (κ3) is 3.47. The van der Waals surface area contributed by atoms with Gasteiger partial charge in [-0.1, -0.05) is 6.07 Å². The lowest BCUT2D eigenvalue weighted by Gasteiger charge is -2.15. The molecular weight excluding hydrogens is 315 g/mol. The zero-order valence-electron chi connectivity index (χ0n) is 11.8. The first-order chi connectivity index (χ1) is 10.7. The zero-order valence-corrected chi connectivity index (χ0v) is 11.8. The largest absolute Gasteiger partial charge is 0.493 e. The molecule has 5 nitrogen and oxygen atoms in total. The lowest BCUT2D eigenvalue weighted by Crippen LogP contribution is -2.09. The summed E-state index contributed by atoms with van der Waals surface area (Å²) in [7, 11) is 1.32. The summed E-state index contributed by atoms with van der Waals surface area (Å²) in [6.45, 7) is 0. The minimum atomic E-state index is -4.63. The number of hydrogen-bond acceptors (Lipinski definition) is 4. The number of carboxylic acids is 1. The Hall–Kier alpha value is -2.90. The number of nitrogens with two attached hydrogens (primary N) is 1. The number of alkyl halides is 3. The van der Waals surface area contributed by atoms with Crippen LogP contribution in [0.3, 0.4) is 0 Å². The van der Waals surface area contributed by atoms with Crippen molar-refractivity contribution in [1.29, 1.82) is 0 Å². The molecule has 0 unspecified atom stereocenters. The van der Waals surface area contributed by atoms with E-state index >= 15 is 0 Å². The highest BCUT2D eigenvalue weighted by Gasteiger charge is 2.34. The number of anilines is 1. The number of methoxy groups -OCH3 is 1. The highest BCUT2D eigenvalue weighted by molar-refractivity contribution is 5.88. The van der Waals surface area contributed by atoms with Crippen molar-refractivity contribution in [2.45, 2.75) is 6.18 Å². The molecule has 0 spiro atoms. The minimum Gasteiger partial charge on any atom is -0.493 e. The first-order valence-corrected chi connectivity index (χ1v) is 6.29. The van der Waals surface area contributed by atoms with Gasteiger partial charge in [0.1, 0.15) is 0 Å². The Morgan fingerprint density at radius 2 is 1.83 bits per heavy atom. The van der Waals surface area contributed by atoms with Gasteiger partial charge in [0.05, 0.1) is 23.9 Å². The summed E-state index contributed by atoms with van der Waals surface area (Å²) >= 11 is 0.